The molecule has 2 saturated heterocycles. The van der Waals surface area contributed by atoms with Crippen LogP contribution in [0, 0.1) is 0 Å². The molecule has 8 heteroatoms. The van der Waals surface area contributed by atoms with Crippen molar-refractivity contribution >= 4 is 23.8 Å². The lowest BCUT2D eigenvalue weighted by Gasteiger charge is -2.35. The average molecular weight is 449 g/mol. The standard InChI is InChI=1S/C25H28N4O4/c1-25(2)23(32)29(24(33)27-25)13-11-21(30)28-14-12-26-22(31)20(28)16-17-7-6-10-19(15-17)18-8-4-3-5-9-18/h3-10,15,20H,11-14,16H2,1-2H3,(H,26,31)(H,27,33)/t20-/m1/s1. The van der Waals surface area contributed by atoms with Crippen LogP contribution in [-0.4, -0.2) is 64.8 Å². The Labute approximate surface area is 192 Å². The van der Waals surface area contributed by atoms with Crippen molar-refractivity contribution in [2.45, 2.75) is 38.3 Å². The quantitative estimate of drug-likeness (QED) is 0.660. The summed E-state index contributed by atoms with van der Waals surface area (Å²) >= 11 is 0. The van der Waals surface area contributed by atoms with E-state index in [4.69, 9.17) is 0 Å². The van der Waals surface area contributed by atoms with Crippen molar-refractivity contribution in [3.63, 3.8) is 0 Å². The van der Waals surface area contributed by atoms with Crippen LogP contribution in [0.5, 0.6) is 0 Å². The Morgan fingerprint density at radius 1 is 1.03 bits per heavy atom. The summed E-state index contributed by atoms with van der Waals surface area (Å²) in [6, 6.07) is 16.8. The van der Waals surface area contributed by atoms with Gasteiger partial charge in [-0.3, -0.25) is 19.3 Å². The van der Waals surface area contributed by atoms with Gasteiger partial charge < -0.3 is 15.5 Å². The van der Waals surface area contributed by atoms with E-state index in [0.717, 1.165) is 21.6 Å². The zero-order valence-electron chi connectivity index (χ0n) is 18.8. The van der Waals surface area contributed by atoms with E-state index in [-0.39, 0.29) is 30.7 Å². The normalized spacial score (nSPS) is 19.9. The highest BCUT2D eigenvalue weighted by Gasteiger charge is 2.44. The summed E-state index contributed by atoms with van der Waals surface area (Å²) in [4.78, 5) is 52.8. The van der Waals surface area contributed by atoms with Crippen LogP contribution in [0.25, 0.3) is 11.1 Å². The summed E-state index contributed by atoms with van der Waals surface area (Å²) in [7, 11) is 0. The number of rotatable bonds is 6. The van der Waals surface area contributed by atoms with E-state index >= 15 is 0 Å². The average Bonchev–Trinajstić information content (AvgIpc) is 3.00. The zero-order valence-corrected chi connectivity index (χ0v) is 18.8. The fraction of sp³-hybridized carbons (Fsp3) is 0.360. The Morgan fingerprint density at radius 3 is 2.45 bits per heavy atom. The van der Waals surface area contributed by atoms with Gasteiger partial charge in [-0.05, 0) is 30.5 Å². The number of carbonyl (C=O) groups is 4. The first-order chi connectivity index (χ1) is 15.8. The van der Waals surface area contributed by atoms with Gasteiger partial charge in [-0.25, -0.2) is 4.79 Å². The molecule has 4 rings (SSSR count). The number of piperazine rings is 1. The molecule has 2 aromatic rings. The predicted octanol–water partition coefficient (Wildman–Crippen LogP) is 1.94. The smallest absolute Gasteiger partial charge is 0.325 e. The van der Waals surface area contributed by atoms with E-state index in [2.05, 4.69) is 10.6 Å². The van der Waals surface area contributed by atoms with Gasteiger partial charge in [0.2, 0.25) is 11.8 Å². The van der Waals surface area contributed by atoms with Crippen molar-refractivity contribution < 1.29 is 19.2 Å². The SMILES string of the molecule is CC1(C)NC(=O)N(CCC(=O)N2CCNC(=O)[C@H]2Cc2cccc(-c3ccccc3)c2)C1=O. The van der Waals surface area contributed by atoms with Crippen LogP contribution >= 0.6 is 0 Å². The molecule has 2 aliphatic rings. The number of benzene rings is 2. The molecule has 0 saturated carbocycles. The largest absolute Gasteiger partial charge is 0.353 e. The molecule has 2 aromatic carbocycles. The second kappa shape index (κ2) is 9.05. The van der Waals surface area contributed by atoms with Crippen LogP contribution in [0.2, 0.25) is 0 Å². The Hall–Kier alpha value is -3.68. The van der Waals surface area contributed by atoms with E-state index in [1.807, 2.05) is 54.6 Å². The van der Waals surface area contributed by atoms with Gasteiger partial charge in [0.15, 0.2) is 0 Å². The minimum atomic E-state index is -0.975. The number of hydrogen-bond acceptors (Lipinski definition) is 4. The topological polar surface area (TPSA) is 98.8 Å². The van der Waals surface area contributed by atoms with Gasteiger partial charge in [-0.15, -0.1) is 0 Å². The highest BCUT2D eigenvalue weighted by Crippen LogP contribution is 2.22. The van der Waals surface area contributed by atoms with E-state index in [1.54, 1.807) is 18.7 Å². The fourth-order valence-corrected chi connectivity index (χ4v) is 4.32. The third-order valence-electron chi connectivity index (χ3n) is 6.11. The van der Waals surface area contributed by atoms with Crippen molar-refractivity contribution in [3.8, 4) is 11.1 Å². The predicted molar refractivity (Wildman–Crippen MR) is 123 cm³/mol. The molecule has 33 heavy (non-hydrogen) atoms. The maximum absolute atomic E-state index is 13.0. The molecular formula is C25H28N4O4. The number of carbonyl (C=O) groups excluding carboxylic acids is 4. The lowest BCUT2D eigenvalue weighted by molar-refractivity contribution is -0.143. The van der Waals surface area contributed by atoms with Gasteiger partial charge in [-0.1, -0.05) is 54.6 Å². The summed E-state index contributed by atoms with van der Waals surface area (Å²) in [5, 5.41) is 5.46. The van der Waals surface area contributed by atoms with Crippen LogP contribution in [0.3, 0.4) is 0 Å². The molecule has 2 heterocycles. The van der Waals surface area contributed by atoms with Gasteiger partial charge in [0.05, 0.1) is 0 Å². The number of amides is 5. The van der Waals surface area contributed by atoms with Crippen LogP contribution < -0.4 is 10.6 Å². The van der Waals surface area contributed by atoms with Crippen molar-refractivity contribution in [1.29, 1.82) is 0 Å². The van der Waals surface area contributed by atoms with Gasteiger partial charge in [0.1, 0.15) is 11.6 Å². The number of imide groups is 1. The molecule has 2 aliphatic heterocycles. The first kappa shape index (κ1) is 22.5. The molecular weight excluding hydrogens is 420 g/mol. The monoisotopic (exact) mass is 448 g/mol. The Kier molecular flexibility index (Phi) is 6.18. The molecule has 0 aliphatic carbocycles. The van der Waals surface area contributed by atoms with Gasteiger partial charge >= 0.3 is 6.03 Å². The molecule has 0 unspecified atom stereocenters. The van der Waals surface area contributed by atoms with Gasteiger partial charge in [0, 0.05) is 32.5 Å². The maximum Gasteiger partial charge on any atom is 0.325 e. The summed E-state index contributed by atoms with van der Waals surface area (Å²) in [6.07, 6.45) is 0.359. The fourth-order valence-electron chi connectivity index (χ4n) is 4.32. The molecule has 8 nitrogen and oxygen atoms in total. The number of nitrogens with one attached hydrogen (secondary N) is 2. The Bertz CT molecular complexity index is 1080. The van der Waals surface area contributed by atoms with Gasteiger partial charge in [0.25, 0.3) is 5.91 Å². The summed E-state index contributed by atoms with van der Waals surface area (Å²) in [6.45, 7) is 4.01. The number of urea groups is 1. The highest BCUT2D eigenvalue weighted by atomic mass is 16.2. The summed E-state index contributed by atoms with van der Waals surface area (Å²) in [5.74, 6) is -0.804. The number of hydrogen-bond donors (Lipinski definition) is 2. The zero-order chi connectivity index (χ0) is 23.6. The van der Waals surface area contributed by atoms with E-state index in [0.29, 0.717) is 19.5 Å². The second-order valence-electron chi connectivity index (χ2n) is 8.93. The highest BCUT2D eigenvalue weighted by molar-refractivity contribution is 6.06. The Morgan fingerprint density at radius 2 is 1.76 bits per heavy atom. The van der Waals surface area contributed by atoms with Crippen LogP contribution in [0.1, 0.15) is 25.8 Å². The third-order valence-corrected chi connectivity index (χ3v) is 6.11. The first-order valence-electron chi connectivity index (χ1n) is 11.1. The van der Waals surface area contributed by atoms with Crippen molar-refractivity contribution in [2.24, 2.45) is 0 Å². The lowest BCUT2D eigenvalue weighted by Crippen LogP contribution is -2.58. The summed E-state index contributed by atoms with van der Waals surface area (Å²) in [5.41, 5.74) is 2.10. The third kappa shape index (κ3) is 4.74. The molecule has 2 fully saturated rings. The van der Waals surface area contributed by atoms with E-state index in [1.165, 1.54) is 0 Å². The molecule has 0 radical (unpaired) electrons. The molecule has 2 N–H and O–H groups in total. The molecule has 5 amide bonds. The molecule has 1 atom stereocenters. The minimum absolute atomic E-state index is 0.0126. The summed E-state index contributed by atoms with van der Waals surface area (Å²) < 4.78 is 0. The van der Waals surface area contributed by atoms with Crippen LogP contribution in [-0.2, 0) is 20.8 Å². The molecule has 0 spiro atoms. The van der Waals surface area contributed by atoms with Crippen molar-refractivity contribution in [3.05, 3.63) is 60.2 Å². The minimum Gasteiger partial charge on any atom is -0.353 e. The number of nitrogens with zero attached hydrogens (tertiary/aromatic N) is 2. The van der Waals surface area contributed by atoms with Gasteiger partial charge in [-0.2, -0.15) is 0 Å². The Balaban J connectivity index is 1.46. The second-order valence-corrected chi connectivity index (χ2v) is 8.93. The van der Waals surface area contributed by atoms with Crippen molar-refractivity contribution in [1.82, 2.24) is 20.4 Å². The van der Waals surface area contributed by atoms with Crippen molar-refractivity contribution in [2.75, 3.05) is 19.6 Å². The van der Waals surface area contributed by atoms with E-state index < -0.39 is 17.6 Å². The molecule has 172 valence electrons. The molecule has 0 bridgehead atoms. The first-order valence-corrected chi connectivity index (χ1v) is 11.1. The lowest BCUT2D eigenvalue weighted by atomic mass is 9.97. The van der Waals surface area contributed by atoms with Crippen LogP contribution in [0.4, 0.5) is 4.79 Å². The van der Waals surface area contributed by atoms with Crippen LogP contribution in [0.15, 0.2) is 54.6 Å². The molecule has 0 aromatic heterocycles. The maximum atomic E-state index is 13.0. The van der Waals surface area contributed by atoms with E-state index in [9.17, 15) is 19.2 Å².